The van der Waals surface area contributed by atoms with Crippen LogP contribution in [-0.4, -0.2) is 66.3 Å². The lowest BCUT2D eigenvalue weighted by molar-refractivity contribution is -0.131. The molecule has 2 bridgehead atoms. The van der Waals surface area contributed by atoms with Crippen LogP contribution in [-0.2, 0) is 14.3 Å². The molecule has 28 heavy (non-hydrogen) atoms. The predicted molar refractivity (Wildman–Crippen MR) is 103 cm³/mol. The molecule has 4 rings (SSSR count). The maximum Gasteiger partial charge on any atom is 0.235 e. The Bertz CT molecular complexity index is 787. The minimum Gasteiger partial charge on any atom is -0.360 e. The molecule has 1 N–H and O–H groups in total. The summed E-state index contributed by atoms with van der Waals surface area (Å²) in [6.07, 6.45) is 4.41. The molecule has 4 atom stereocenters. The van der Waals surface area contributed by atoms with Gasteiger partial charge in [-0.1, -0.05) is 31.2 Å². The van der Waals surface area contributed by atoms with Crippen LogP contribution < -0.4 is 10.2 Å². The lowest BCUT2D eigenvalue weighted by atomic mass is 9.77. The van der Waals surface area contributed by atoms with Gasteiger partial charge < -0.3 is 19.5 Å². The third-order valence-electron chi connectivity index (χ3n) is 6.14. The van der Waals surface area contributed by atoms with Gasteiger partial charge in [-0.2, -0.15) is 0 Å². The van der Waals surface area contributed by atoms with Crippen molar-refractivity contribution >= 4 is 17.6 Å². The lowest BCUT2D eigenvalue weighted by Gasteiger charge is -2.23. The van der Waals surface area contributed by atoms with Crippen LogP contribution in [0.15, 0.2) is 22.7 Å². The minimum absolute atomic E-state index is 0.104. The average molecular weight is 388 g/mol. The fourth-order valence-corrected chi connectivity index (χ4v) is 4.64. The van der Waals surface area contributed by atoms with Crippen molar-refractivity contribution in [1.29, 1.82) is 0 Å². The molecule has 2 amide bonds. The number of fused-ring (bicyclic) bond motifs is 1. The average Bonchev–Trinajstić information content (AvgIpc) is 3.43. The highest BCUT2D eigenvalue weighted by molar-refractivity contribution is 6.02. The van der Waals surface area contributed by atoms with E-state index in [1.54, 1.807) is 17.9 Å². The molecule has 8 nitrogen and oxygen atoms in total. The number of carbonyl (C=O) groups excluding carboxylic acids is 2. The second-order valence-electron chi connectivity index (χ2n) is 7.79. The molecule has 2 saturated heterocycles. The van der Waals surface area contributed by atoms with E-state index in [-0.39, 0.29) is 17.9 Å². The van der Waals surface area contributed by atoms with Crippen molar-refractivity contribution in [2.75, 3.05) is 37.6 Å². The number of nitrogens with one attached hydrogen (secondary N) is 1. The molecule has 4 heterocycles. The highest BCUT2D eigenvalue weighted by atomic mass is 16.5. The van der Waals surface area contributed by atoms with Crippen LogP contribution in [0.2, 0.25) is 0 Å². The Kier molecular flexibility index (Phi) is 5.01. The molecule has 0 aliphatic carbocycles. The van der Waals surface area contributed by atoms with Crippen molar-refractivity contribution in [2.45, 2.75) is 38.9 Å². The molecule has 3 aliphatic heterocycles. The van der Waals surface area contributed by atoms with E-state index in [0.717, 1.165) is 26.1 Å². The fourth-order valence-electron chi connectivity index (χ4n) is 4.64. The smallest absolute Gasteiger partial charge is 0.235 e. The standard InChI is InChI=1S/C20H28N4O4/c1-4-23(5-2)10-6-9-21-18(25)16-14-7-8-20(27-14)12-24(19(26)17(16)20)15-11-13(3)28-22-15/h7-8,11,14,16-17H,4-6,9-10,12H2,1-3H3,(H,21,25)/t14-,16+,17+,20+/m1/s1. The van der Waals surface area contributed by atoms with Crippen LogP contribution in [0, 0.1) is 18.8 Å². The van der Waals surface area contributed by atoms with Gasteiger partial charge in [-0.3, -0.25) is 14.5 Å². The van der Waals surface area contributed by atoms with Crippen molar-refractivity contribution in [1.82, 2.24) is 15.4 Å². The number of ether oxygens (including phenoxy) is 1. The van der Waals surface area contributed by atoms with Crippen LogP contribution in [0.1, 0.15) is 26.0 Å². The van der Waals surface area contributed by atoms with Gasteiger partial charge in [0.15, 0.2) is 5.82 Å². The molecule has 2 fully saturated rings. The highest BCUT2D eigenvalue weighted by Gasteiger charge is 2.67. The summed E-state index contributed by atoms with van der Waals surface area (Å²) in [5.74, 6) is -0.118. The summed E-state index contributed by atoms with van der Waals surface area (Å²) in [6.45, 7) is 9.97. The first kappa shape index (κ1) is 19.1. The van der Waals surface area contributed by atoms with Crippen LogP contribution >= 0.6 is 0 Å². The van der Waals surface area contributed by atoms with Gasteiger partial charge in [0.2, 0.25) is 11.8 Å². The number of amides is 2. The van der Waals surface area contributed by atoms with E-state index in [1.807, 2.05) is 12.2 Å². The predicted octanol–water partition coefficient (Wildman–Crippen LogP) is 1.12. The fraction of sp³-hybridized carbons (Fsp3) is 0.650. The van der Waals surface area contributed by atoms with E-state index in [0.29, 0.717) is 24.7 Å². The summed E-state index contributed by atoms with van der Waals surface area (Å²) in [4.78, 5) is 29.9. The van der Waals surface area contributed by atoms with Crippen molar-refractivity contribution in [3.8, 4) is 0 Å². The Morgan fingerprint density at radius 3 is 2.89 bits per heavy atom. The third kappa shape index (κ3) is 3.04. The van der Waals surface area contributed by atoms with Gasteiger partial charge in [-0.15, -0.1) is 0 Å². The van der Waals surface area contributed by atoms with Crippen LogP contribution in [0.4, 0.5) is 5.82 Å². The number of rotatable bonds is 8. The number of aryl methyl sites for hydroxylation is 1. The van der Waals surface area contributed by atoms with Gasteiger partial charge in [0.05, 0.1) is 24.5 Å². The van der Waals surface area contributed by atoms with E-state index < -0.39 is 17.4 Å². The Labute approximate surface area is 164 Å². The largest absolute Gasteiger partial charge is 0.360 e. The highest BCUT2D eigenvalue weighted by Crippen LogP contribution is 2.52. The van der Waals surface area contributed by atoms with Gasteiger partial charge in [-0.05, 0) is 33.0 Å². The van der Waals surface area contributed by atoms with Gasteiger partial charge in [0.25, 0.3) is 0 Å². The number of aromatic nitrogens is 1. The van der Waals surface area contributed by atoms with Crippen LogP contribution in [0.25, 0.3) is 0 Å². The molecule has 8 heteroatoms. The molecule has 3 aliphatic rings. The summed E-state index contributed by atoms with van der Waals surface area (Å²) >= 11 is 0. The van der Waals surface area contributed by atoms with Crippen LogP contribution in [0.3, 0.4) is 0 Å². The first-order valence-corrected chi connectivity index (χ1v) is 10.1. The molecule has 1 aromatic rings. The number of carbonyl (C=O) groups is 2. The van der Waals surface area contributed by atoms with Crippen molar-refractivity contribution in [2.24, 2.45) is 11.8 Å². The zero-order valence-corrected chi connectivity index (χ0v) is 16.7. The molecular weight excluding hydrogens is 360 g/mol. The second-order valence-corrected chi connectivity index (χ2v) is 7.79. The quantitative estimate of drug-likeness (QED) is 0.530. The van der Waals surface area contributed by atoms with Crippen molar-refractivity contribution < 1.29 is 18.8 Å². The zero-order valence-electron chi connectivity index (χ0n) is 16.7. The molecule has 152 valence electrons. The van der Waals surface area contributed by atoms with E-state index >= 15 is 0 Å². The Morgan fingerprint density at radius 1 is 1.43 bits per heavy atom. The Morgan fingerprint density at radius 2 is 2.21 bits per heavy atom. The molecule has 0 radical (unpaired) electrons. The first-order chi connectivity index (χ1) is 13.5. The SMILES string of the molecule is CCN(CC)CCCNC(=O)[C@@H]1[C@H]2C(=O)N(c3cc(C)on3)C[C@@]23C=C[C@H]1O3. The first-order valence-electron chi connectivity index (χ1n) is 10.1. The van der Waals surface area contributed by atoms with Gasteiger partial charge in [0.1, 0.15) is 11.4 Å². The van der Waals surface area contributed by atoms with Crippen LogP contribution in [0.5, 0.6) is 0 Å². The van der Waals surface area contributed by atoms with Gasteiger partial charge in [-0.25, -0.2) is 0 Å². The number of hydrogen-bond donors (Lipinski definition) is 1. The second kappa shape index (κ2) is 7.33. The lowest BCUT2D eigenvalue weighted by Crippen LogP contribution is -2.44. The summed E-state index contributed by atoms with van der Waals surface area (Å²) < 4.78 is 11.2. The topological polar surface area (TPSA) is 87.9 Å². The summed E-state index contributed by atoms with van der Waals surface area (Å²) in [6, 6.07) is 1.73. The summed E-state index contributed by atoms with van der Waals surface area (Å²) in [5, 5.41) is 6.98. The van der Waals surface area contributed by atoms with Crippen molar-refractivity contribution in [3.05, 3.63) is 24.0 Å². The Balaban J connectivity index is 1.42. The maximum absolute atomic E-state index is 13.1. The van der Waals surface area contributed by atoms with E-state index in [9.17, 15) is 9.59 Å². The van der Waals surface area contributed by atoms with E-state index in [1.165, 1.54) is 0 Å². The molecule has 1 spiro atoms. The monoisotopic (exact) mass is 388 g/mol. The number of anilines is 1. The van der Waals surface area contributed by atoms with Gasteiger partial charge in [0, 0.05) is 12.6 Å². The zero-order chi connectivity index (χ0) is 19.9. The summed E-state index contributed by atoms with van der Waals surface area (Å²) in [7, 11) is 0. The Hall–Kier alpha value is -2.19. The molecule has 0 aromatic carbocycles. The molecule has 0 saturated carbocycles. The maximum atomic E-state index is 13.1. The molecule has 1 aromatic heterocycles. The van der Waals surface area contributed by atoms with Gasteiger partial charge >= 0.3 is 0 Å². The number of hydrogen-bond acceptors (Lipinski definition) is 6. The third-order valence-corrected chi connectivity index (χ3v) is 6.14. The normalized spacial score (nSPS) is 30.5. The molecule has 0 unspecified atom stereocenters. The summed E-state index contributed by atoms with van der Waals surface area (Å²) in [5.41, 5.74) is -0.738. The van der Waals surface area contributed by atoms with Crippen molar-refractivity contribution in [3.63, 3.8) is 0 Å². The van der Waals surface area contributed by atoms with E-state index in [4.69, 9.17) is 9.26 Å². The van der Waals surface area contributed by atoms with E-state index in [2.05, 4.69) is 29.2 Å². The number of nitrogens with zero attached hydrogens (tertiary/aromatic N) is 3. The molecular formula is C20H28N4O4. The minimum atomic E-state index is -0.738.